The van der Waals surface area contributed by atoms with Gasteiger partial charge in [0.1, 0.15) is 17.2 Å². The molecule has 1 unspecified atom stereocenters. The van der Waals surface area contributed by atoms with E-state index in [0.717, 1.165) is 12.1 Å². The van der Waals surface area contributed by atoms with Crippen LogP contribution in [0.15, 0.2) is 42.5 Å². The van der Waals surface area contributed by atoms with Crippen LogP contribution in [0.1, 0.15) is 16.8 Å². The zero-order valence-corrected chi connectivity index (χ0v) is 13.2. The number of rotatable bonds is 3. The molecule has 1 saturated heterocycles. The van der Waals surface area contributed by atoms with E-state index >= 15 is 0 Å². The Kier molecular flexibility index (Phi) is 4.49. The Morgan fingerprint density at radius 3 is 2.38 bits per heavy atom. The fourth-order valence-electron chi connectivity index (χ4n) is 2.65. The highest BCUT2D eigenvalue weighted by Gasteiger charge is 2.32. The Morgan fingerprint density at radius 1 is 1.12 bits per heavy atom. The van der Waals surface area contributed by atoms with Crippen LogP contribution < -0.4 is 10.2 Å². The second-order valence-corrected chi connectivity index (χ2v) is 5.89. The molecule has 0 spiro atoms. The number of nitrogens with zero attached hydrogens (tertiary/aromatic N) is 1. The van der Waals surface area contributed by atoms with E-state index in [1.54, 1.807) is 24.3 Å². The van der Waals surface area contributed by atoms with Crippen molar-refractivity contribution in [2.45, 2.75) is 12.5 Å². The number of carbonyl (C=O) groups excluding carboxylic acids is 2. The minimum absolute atomic E-state index is 0.0600. The summed E-state index contributed by atoms with van der Waals surface area (Å²) in [7, 11) is 0. The second kappa shape index (κ2) is 6.57. The average molecular weight is 351 g/mol. The van der Waals surface area contributed by atoms with Crippen LogP contribution in [-0.2, 0) is 4.79 Å². The Balaban J connectivity index is 1.72. The van der Waals surface area contributed by atoms with Crippen molar-refractivity contribution in [1.29, 1.82) is 0 Å². The fraction of sp³-hybridized carbons (Fsp3) is 0.176. The van der Waals surface area contributed by atoms with Gasteiger partial charge in [-0.05, 0) is 36.4 Å². The van der Waals surface area contributed by atoms with Gasteiger partial charge in [-0.3, -0.25) is 9.59 Å². The summed E-state index contributed by atoms with van der Waals surface area (Å²) < 4.78 is 27.3. The average Bonchev–Trinajstić information content (AvgIpc) is 2.88. The molecule has 1 aliphatic rings. The molecule has 1 fully saturated rings. The molecule has 2 aromatic rings. The van der Waals surface area contributed by atoms with Crippen LogP contribution in [0.2, 0.25) is 5.02 Å². The van der Waals surface area contributed by atoms with E-state index in [-0.39, 0.29) is 18.9 Å². The first kappa shape index (κ1) is 16.4. The maximum Gasteiger partial charge on any atom is 0.257 e. The molecule has 0 aliphatic carbocycles. The maximum atomic E-state index is 13.6. The van der Waals surface area contributed by atoms with Crippen LogP contribution in [-0.4, -0.2) is 24.4 Å². The predicted molar refractivity (Wildman–Crippen MR) is 86.0 cm³/mol. The highest BCUT2D eigenvalue weighted by atomic mass is 35.5. The molecule has 2 aromatic carbocycles. The molecule has 124 valence electrons. The van der Waals surface area contributed by atoms with Crippen molar-refractivity contribution in [1.82, 2.24) is 5.32 Å². The van der Waals surface area contributed by atoms with Crippen molar-refractivity contribution < 1.29 is 18.4 Å². The van der Waals surface area contributed by atoms with E-state index in [0.29, 0.717) is 10.7 Å². The zero-order chi connectivity index (χ0) is 17.3. The number of benzene rings is 2. The van der Waals surface area contributed by atoms with Crippen LogP contribution in [0.5, 0.6) is 0 Å². The lowest BCUT2D eigenvalue weighted by Gasteiger charge is -2.17. The van der Waals surface area contributed by atoms with Crippen molar-refractivity contribution in [3.05, 3.63) is 64.7 Å². The molecule has 7 heteroatoms. The van der Waals surface area contributed by atoms with E-state index in [9.17, 15) is 18.4 Å². The van der Waals surface area contributed by atoms with Crippen LogP contribution in [0.25, 0.3) is 0 Å². The van der Waals surface area contributed by atoms with Crippen LogP contribution in [0, 0.1) is 11.6 Å². The van der Waals surface area contributed by atoms with Gasteiger partial charge in [-0.2, -0.15) is 0 Å². The van der Waals surface area contributed by atoms with Gasteiger partial charge in [-0.15, -0.1) is 0 Å². The van der Waals surface area contributed by atoms with E-state index in [4.69, 9.17) is 11.6 Å². The van der Waals surface area contributed by atoms with E-state index in [1.807, 2.05) is 0 Å². The number of anilines is 1. The topological polar surface area (TPSA) is 49.4 Å². The summed E-state index contributed by atoms with van der Waals surface area (Å²) in [5, 5.41) is 3.06. The Morgan fingerprint density at radius 2 is 1.75 bits per heavy atom. The minimum atomic E-state index is -0.939. The number of hydrogen-bond donors (Lipinski definition) is 1. The van der Waals surface area contributed by atoms with E-state index in [2.05, 4.69) is 5.32 Å². The van der Waals surface area contributed by atoms with E-state index in [1.165, 1.54) is 11.0 Å². The summed E-state index contributed by atoms with van der Waals surface area (Å²) in [6, 6.07) is 9.38. The molecule has 0 radical (unpaired) electrons. The van der Waals surface area contributed by atoms with E-state index < -0.39 is 29.1 Å². The van der Waals surface area contributed by atoms with Gasteiger partial charge in [0.15, 0.2) is 0 Å². The molecule has 1 N–H and O–H groups in total. The molecule has 3 rings (SSSR count). The number of amides is 2. The van der Waals surface area contributed by atoms with Gasteiger partial charge >= 0.3 is 0 Å². The molecule has 1 aliphatic heterocycles. The molecule has 0 saturated carbocycles. The zero-order valence-electron chi connectivity index (χ0n) is 12.4. The van der Waals surface area contributed by atoms with Crippen molar-refractivity contribution >= 4 is 29.1 Å². The molecular formula is C17H13ClF2N2O2. The number of carbonyl (C=O) groups is 2. The van der Waals surface area contributed by atoms with Gasteiger partial charge in [0, 0.05) is 23.7 Å². The van der Waals surface area contributed by atoms with Gasteiger partial charge in [0.25, 0.3) is 5.91 Å². The molecule has 1 heterocycles. The molecule has 1 atom stereocenters. The monoisotopic (exact) mass is 350 g/mol. The molecule has 4 nitrogen and oxygen atoms in total. The lowest BCUT2D eigenvalue weighted by atomic mass is 10.1. The minimum Gasteiger partial charge on any atom is -0.347 e. The summed E-state index contributed by atoms with van der Waals surface area (Å²) in [6.45, 7) is 0.224. The third-order valence-corrected chi connectivity index (χ3v) is 4.04. The predicted octanol–water partition coefficient (Wildman–Crippen LogP) is 3.15. The van der Waals surface area contributed by atoms with Gasteiger partial charge in [0.05, 0.1) is 6.04 Å². The fourth-order valence-corrected chi connectivity index (χ4v) is 2.77. The Bertz CT molecular complexity index is 775. The van der Waals surface area contributed by atoms with Crippen LogP contribution >= 0.6 is 11.6 Å². The molecule has 24 heavy (non-hydrogen) atoms. The lowest BCUT2D eigenvalue weighted by Crippen LogP contribution is -2.38. The van der Waals surface area contributed by atoms with Gasteiger partial charge in [0.2, 0.25) is 5.91 Å². The number of halogens is 3. The first-order valence-corrected chi connectivity index (χ1v) is 7.64. The summed E-state index contributed by atoms with van der Waals surface area (Å²) in [6.07, 6.45) is 0.0600. The summed E-state index contributed by atoms with van der Waals surface area (Å²) in [4.78, 5) is 25.7. The third-order valence-electron chi connectivity index (χ3n) is 3.79. The number of nitrogens with one attached hydrogen (secondary N) is 1. The summed E-state index contributed by atoms with van der Waals surface area (Å²) >= 11 is 5.82. The highest BCUT2D eigenvalue weighted by Crippen LogP contribution is 2.23. The Hall–Kier alpha value is -2.47. The smallest absolute Gasteiger partial charge is 0.257 e. The summed E-state index contributed by atoms with van der Waals surface area (Å²) in [5.41, 5.74) is 0.00751. The lowest BCUT2D eigenvalue weighted by molar-refractivity contribution is -0.117. The standard InChI is InChI=1S/C17H13ClF2N2O2/c18-10-4-6-12(7-5-10)22-9-11(8-15(22)23)21-17(24)16-13(19)2-1-3-14(16)20/h1-7,11H,8-9H2,(H,21,24). The summed E-state index contributed by atoms with van der Waals surface area (Å²) in [5.74, 6) is -2.93. The molecular weight excluding hydrogens is 338 g/mol. The van der Waals surface area contributed by atoms with Crippen molar-refractivity contribution in [2.24, 2.45) is 0 Å². The van der Waals surface area contributed by atoms with Crippen molar-refractivity contribution in [2.75, 3.05) is 11.4 Å². The van der Waals surface area contributed by atoms with Crippen molar-refractivity contribution in [3.8, 4) is 0 Å². The van der Waals surface area contributed by atoms with Gasteiger partial charge in [-0.1, -0.05) is 17.7 Å². The molecule has 2 amide bonds. The maximum absolute atomic E-state index is 13.6. The van der Waals surface area contributed by atoms with Crippen molar-refractivity contribution in [3.63, 3.8) is 0 Å². The molecule has 0 bridgehead atoms. The normalized spacial score (nSPS) is 17.2. The highest BCUT2D eigenvalue weighted by molar-refractivity contribution is 6.30. The largest absolute Gasteiger partial charge is 0.347 e. The SMILES string of the molecule is O=C(NC1CC(=O)N(c2ccc(Cl)cc2)C1)c1c(F)cccc1F. The van der Waals surface area contributed by atoms with Gasteiger partial charge < -0.3 is 10.2 Å². The van der Waals surface area contributed by atoms with Gasteiger partial charge in [-0.25, -0.2) is 8.78 Å². The number of hydrogen-bond acceptors (Lipinski definition) is 2. The quantitative estimate of drug-likeness (QED) is 0.924. The van der Waals surface area contributed by atoms with Crippen LogP contribution in [0.3, 0.4) is 0 Å². The first-order valence-electron chi connectivity index (χ1n) is 7.26. The van der Waals surface area contributed by atoms with Crippen LogP contribution in [0.4, 0.5) is 14.5 Å². The first-order chi connectivity index (χ1) is 11.5. The Labute approximate surface area is 142 Å². The molecule has 0 aromatic heterocycles. The third kappa shape index (κ3) is 3.23. The second-order valence-electron chi connectivity index (χ2n) is 5.45.